The molecule has 1 unspecified atom stereocenters. The van der Waals surface area contributed by atoms with Gasteiger partial charge in [-0.05, 0) is 36.2 Å². The molecule has 25 heavy (non-hydrogen) atoms. The summed E-state index contributed by atoms with van der Waals surface area (Å²) in [6.07, 6.45) is -0.843. The Morgan fingerprint density at radius 2 is 1.72 bits per heavy atom. The maximum Gasteiger partial charge on any atom is 0.137 e. The summed E-state index contributed by atoms with van der Waals surface area (Å²) in [5.74, 6) is 0.643. The van der Waals surface area contributed by atoms with Crippen LogP contribution in [-0.4, -0.2) is 10.1 Å². The molecule has 3 aromatic rings. The lowest BCUT2D eigenvalue weighted by Crippen LogP contribution is -2.06. The van der Waals surface area contributed by atoms with Crippen LogP contribution in [-0.2, 0) is 5.75 Å². The van der Waals surface area contributed by atoms with E-state index in [0.717, 1.165) is 21.6 Å². The number of aromatic nitrogens is 1. The number of aryl methyl sites for hydroxylation is 1. The average Bonchev–Trinajstić information content (AvgIpc) is 2.60. The van der Waals surface area contributed by atoms with E-state index in [9.17, 15) is 5.11 Å². The molecule has 0 radical (unpaired) electrons. The molecule has 3 rings (SSSR count). The highest BCUT2D eigenvalue weighted by Crippen LogP contribution is 2.35. The molecule has 1 atom stereocenters. The first-order valence-electron chi connectivity index (χ1n) is 7.82. The van der Waals surface area contributed by atoms with Crippen molar-refractivity contribution in [3.05, 3.63) is 93.2 Å². The monoisotopic (exact) mass is 389 g/mol. The summed E-state index contributed by atoms with van der Waals surface area (Å²) >= 11 is 14.1. The number of rotatable bonds is 5. The van der Waals surface area contributed by atoms with Crippen molar-refractivity contribution in [1.82, 2.24) is 4.98 Å². The Morgan fingerprint density at radius 1 is 1.04 bits per heavy atom. The summed E-state index contributed by atoms with van der Waals surface area (Å²) in [7, 11) is 0. The minimum absolute atomic E-state index is 0.240. The highest BCUT2D eigenvalue weighted by molar-refractivity contribution is 7.98. The van der Waals surface area contributed by atoms with Crippen LogP contribution in [0.1, 0.15) is 28.4 Å². The van der Waals surface area contributed by atoms with Crippen LogP contribution in [0.15, 0.2) is 65.6 Å². The van der Waals surface area contributed by atoms with E-state index in [1.54, 1.807) is 17.8 Å². The molecule has 0 aliphatic heterocycles. The van der Waals surface area contributed by atoms with Crippen molar-refractivity contribution in [3.8, 4) is 0 Å². The summed E-state index contributed by atoms with van der Waals surface area (Å²) in [5.41, 5.74) is 3.41. The topological polar surface area (TPSA) is 33.1 Å². The zero-order valence-electron chi connectivity index (χ0n) is 13.6. The van der Waals surface area contributed by atoms with Crippen molar-refractivity contribution in [2.45, 2.75) is 23.7 Å². The van der Waals surface area contributed by atoms with Crippen LogP contribution in [0.25, 0.3) is 0 Å². The Morgan fingerprint density at radius 3 is 2.40 bits per heavy atom. The molecule has 2 aromatic carbocycles. The summed E-state index contributed by atoms with van der Waals surface area (Å²) in [5, 5.41) is 11.4. The number of nitrogens with zero attached hydrogens (tertiary/aromatic N) is 1. The van der Waals surface area contributed by atoms with E-state index in [4.69, 9.17) is 23.2 Å². The number of pyridine rings is 1. The molecule has 1 aromatic heterocycles. The van der Waals surface area contributed by atoms with E-state index in [1.807, 2.05) is 61.5 Å². The standard InChI is InChI=1S/C20H17Cl2NOS/c1-13-7-9-14(10-8-13)19(24)18-15(11-17(21)23-20(18)22)12-25-16-5-3-2-4-6-16/h2-11,19,24H,12H2,1H3. The van der Waals surface area contributed by atoms with Gasteiger partial charge in [-0.15, -0.1) is 11.8 Å². The third kappa shape index (κ3) is 4.56. The Balaban J connectivity index is 1.93. The number of aliphatic hydroxyl groups is 1. The lowest BCUT2D eigenvalue weighted by Gasteiger charge is -2.18. The molecule has 128 valence electrons. The van der Waals surface area contributed by atoms with E-state index in [0.29, 0.717) is 16.5 Å². The van der Waals surface area contributed by atoms with Gasteiger partial charge in [-0.25, -0.2) is 4.98 Å². The second-order valence-electron chi connectivity index (χ2n) is 5.72. The highest BCUT2D eigenvalue weighted by Gasteiger charge is 2.20. The van der Waals surface area contributed by atoms with E-state index in [1.165, 1.54) is 0 Å². The van der Waals surface area contributed by atoms with Crippen LogP contribution in [0.4, 0.5) is 0 Å². The molecule has 0 spiro atoms. The van der Waals surface area contributed by atoms with Crippen molar-refractivity contribution in [1.29, 1.82) is 0 Å². The van der Waals surface area contributed by atoms with Crippen LogP contribution in [0.3, 0.4) is 0 Å². The van der Waals surface area contributed by atoms with Gasteiger partial charge in [0, 0.05) is 16.2 Å². The van der Waals surface area contributed by atoms with Gasteiger partial charge >= 0.3 is 0 Å². The smallest absolute Gasteiger partial charge is 0.137 e. The van der Waals surface area contributed by atoms with Gasteiger partial charge in [-0.3, -0.25) is 0 Å². The fourth-order valence-electron chi connectivity index (χ4n) is 2.54. The molecule has 0 fully saturated rings. The normalized spacial score (nSPS) is 12.2. The number of halogens is 2. The SMILES string of the molecule is Cc1ccc(C(O)c2c(CSc3ccccc3)cc(Cl)nc2Cl)cc1. The van der Waals surface area contributed by atoms with Gasteiger partial charge in [0.1, 0.15) is 16.4 Å². The molecule has 0 amide bonds. The first kappa shape index (κ1) is 18.3. The van der Waals surface area contributed by atoms with Gasteiger partial charge in [-0.2, -0.15) is 0 Å². The molecule has 1 heterocycles. The van der Waals surface area contributed by atoms with Gasteiger partial charge in [0.25, 0.3) is 0 Å². The number of benzene rings is 2. The van der Waals surface area contributed by atoms with Gasteiger partial charge in [0.2, 0.25) is 0 Å². The zero-order valence-corrected chi connectivity index (χ0v) is 15.9. The van der Waals surface area contributed by atoms with Crippen LogP contribution in [0, 0.1) is 6.92 Å². The summed E-state index contributed by atoms with van der Waals surface area (Å²) < 4.78 is 0. The summed E-state index contributed by atoms with van der Waals surface area (Å²) in [6.45, 7) is 2.01. The minimum Gasteiger partial charge on any atom is -0.384 e. The van der Waals surface area contributed by atoms with Crippen LogP contribution in [0.2, 0.25) is 10.3 Å². The van der Waals surface area contributed by atoms with Crippen molar-refractivity contribution in [2.75, 3.05) is 0 Å². The number of aliphatic hydroxyl groups excluding tert-OH is 1. The van der Waals surface area contributed by atoms with E-state index < -0.39 is 6.10 Å². The van der Waals surface area contributed by atoms with Crippen molar-refractivity contribution in [3.63, 3.8) is 0 Å². The predicted octanol–water partition coefficient (Wildman–Crippen LogP) is 6.07. The number of thioether (sulfide) groups is 1. The van der Waals surface area contributed by atoms with Gasteiger partial charge in [-0.1, -0.05) is 71.2 Å². The molecule has 5 heteroatoms. The first-order chi connectivity index (χ1) is 12.0. The van der Waals surface area contributed by atoms with Crippen molar-refractivity contribution in [2.24, 2.45) is 0 Å². The fourth-order valence-corrected chi connectivity index (χ4v) is 4.03. The lowest BCUT2D eigenvalue weighted by atomic mass is 9.98. The van der Waals surface area contributed by atoms with Crippen molar-refractivity contribution >= 4 is 35.0 Å². The Bertz CT molecular complexity index is 854. The van der Waals surface area contributed by atoms with Gasteiger partial charge < -0.3 is 5.11 Å². The zero-order chi connectivity index (χ0) is 17.8. The number of hydrogen-bond donors (Lipinski definition) is 1. The molecule has 0 bridgehead atoms. The second kappa shape index (κ2) is 8.24. The highest BCUT2D eigenvalue weighted by atomic mass is 35.5. The molecular weight excluding hydrogens is 373 g/mol. The largest absolute Gasteiger partial charge is 0.384 e. The van der Waals surface area contributed by atoms with Crippen LogP contribution >= 0.6 is 35.0 Å². The fraction of sp³-hybridized carbons (Fsp3) is 0.150. The maximum atomic E-state index is 10.9. The van der Waals surface area contributed by atoms with E-state index in [-0.39, 0.29) is 5.15 Å². The lowest BCUT2D eigenvalue weighted by molar-refractivity contribution is 0.219. The Hall–Kier alpha value is -1.52. The average molecular weight is 390 g/mol. The van der Waals surface area contributed by atoms with Crippen LogP contribution in [0.5, 0.6) is 0 Å². The van der Waals surface area contributed by atoms with E-state index >= 15 is 0 Å². The summed E-state index contributed by atoms with van der Waals surface area (Å²) in [6, 6.07) is 19.6. The minimum atomic E-state index is -0.843. The third-order valence-corrected chi connectivity index (χ3v) is 5.41. The molecule has 0 aliphatic rings. The number of hydrogen-bond acceptors (Lipinski definition) is 3. The molecule has 1 N–H and O–H groups in total. The molecule has 2 nitrogen and oxygen atoms in total. The molecular formula is C20H17Cl2NOS. The van der Waals surface area contributed by atoms with E-state index in [2.05, 4.69) is 4.98 Å². The Labute approximate surface area is 161 Å². The second-order valence-corrected chi connectivity index (χ2v) is 7.52. The summed E-state index contributed by atoms with van der Waals surface area (Å²) in [4.78, 5) is 5.26. The molecule has 0 aliphatic carbocycles. The molecule has 0 saturated heterocycles. The van der Waals surface area contributed by atoms with Gasteiger partial charge in [0.15, 0.2) is 0 Å². The van der Waals surface area contributed by atoms with Crippen molar-refractivity contribution < 1.29 is 5.11 Å². The maximum absolute atomic E-state index is 10.9. The third-order valence-electron chi connectivity index (χ3n) is 3.87. The molecule has 0 saturated carbocycles. The Kier molecular flexibility index (Phi) is 6.02. The quantitative estimate of drug-likeness (QED) is 0.424. The van der Waals surface area contributed by atoms with Gasteiger partial charge in [0.05, 0.1) is 0 Å². The predicted molar refractivity (Wildman–Crippen MR) is 106 cm³/mol. The first-order valence-corrected chi connectivity index (χ1v) is 9.56. The van der Waals surface area contributed by atoms with Crippen LogP contribution < -0.4 is 0 Å².